The molecule has 2 rings (SSSR count). The van der Waals surface area contributed by atoms with Crippen LogP contribution in [0.2, 0.25) is 0 Å². The number of esters is 1. The van der Waals surface area contributed by atoms with Crippen molar-refractivity contribution in [1.82, 2.24) is 10.6 Å². The van der Waals surface area contributed by atoms with Crippen LogP contribution in [0.5, 0.6) is 0 Å². The van der Waals surface area contributed by atoms with Crippen molar-refractivity contribution < 1.29 is 19.1 Å². The predicted molar refractivity (Wildman–Crippen MR) is 95.4 cm³/mol. The van der Waals surface area contributed by atoms with Crippen LogP contribution in [0, 0.1) is 0 Å². The molecular formula is C18H20N2O4S. The van der Waals surface area contributed by atoms with E-state index in [1.54, 1.807) is 17.5 Å². The van der Waals surface area contributed by atoms with Gasteiger partial charge in [0.25, 0.3) is 5.91 Å². The van der Waals surface area contributed by atoms with Gasteiger partial charge in [0.1, 0.15) is 6.04 Å². The quantitative estimate of drug-likeness (QED) is 0.703. The van der Waals surface area contributed by atoms with Crippen LogP contribution in [0.4, 0.5) is 0 Å². The van der Waals surface area contributed by atoms with Gasteiger partial charge in [0.2, 0.25) is 5.91 Å². The van der Waals surface area contributed by atoms with Crippen LogP contribution in [0.15, 0.2) is 47.8 Å². The second-order valence-electron chi connectivity index (χ2n) is 5.31. The van der Waals surface area contributed by atoms with Crippen LogP contribution in [-0.2, 0) is 20.7 Å². The Morgan fingerprint density at radius 2 is 1.88 bits per heavy atom. The molecule has 0 saturated heterocycles. The largest absolute Gasteiger partial charge is 0.469 e. The van der Waals surface area contributed by atoms with E-state index < -0.39 is 12.0 Å². The van der Waals surface area contributed by atoms with Crippen molar-refractivity contribution >= 4 is 29.1 Å². The topological polar surface area (TPSA) is 84.5 Å². The van der Waals surface area contributed by atoms with Gasteiger partial charge in [0.15, 0.2) is 0 Å². The molecule has 0 aliphatic rings. The van der Waals surface area contributed by atoms with Gasteiger partial charge >= 0.3 is 5.97 Å². The van der Waals surface area contributed by atoms with Crippen molar-refractivity contribution in [3.63, 3.8) is 0 Å². The van der Waals surface area contributed by atoms with Crippen LogP contribution in [0.3, 0.4) is 0 Å². The maximum absolute atomic E-state index is 12.4. The van der Waals surface area contributed by atoms with Crippen molar-refractivity contribution in [2.24, 2.45) is 0 Å². The van der Waals surface area contributed by atoms with E-state index in [0.717, 1.165) is 5.56 Å². The number of carbonyl (C=O) groups is 3. The molecular weight excluding hydrogens is 340 g/mol. The molecule has 1 aromatic heterocycles. The SMILES string of the molecule is COC(=O)CCNC(=O)[C@H](Cc1ccccc1)NC(=O)c1cccs1. The highest BCUT2D eigenvalue weighted by Gasteiger charge is 2.22. The molecule has 0 fully saturated rings. The molecule has 0 bridgehead atoms. The first-order valence-corrected chi connectivity index (χ1v) is 8.71. The lowest BCUT2D eigenvalue weighted by Gasteiger charge is -2.18. The zero-order valence-electron chi connectivity index (χ0n) is 13.9. The van der Waals surface area contributed by atoms with Gasteiger partial charge < -0.3 is 15.4 Å². The highest BCUT2D eigenvalue weighted by Crippen LogP contribution is 2.10. The molecule has 0 saturated carbocycles. The summed E-state index contributed by atoms with van der Waals surface area (Å²) in [7, 11) is 1.30. The van der Waals surface area contributed by atoms with E-state index in [1.165, 1.54) is 18.4 Å². The van der Waals surface area contributed by atoms with Gasteiger partial charge in [0, 0.05) is 13.0 Å². The fraction of sp³-hybridized carbons (Fsp3) is 0.278. The van der Waals surface area contributed by atoms with Gasteiger partial charge in [0.05, 0.1) is 18.4 Å². The zero-order valence-corrected chi connectivity index (χ0v) is 14.7. The Balaban J connectivity index is 2.01. The van der Waals surface area contributed by atoms with Crippen LogP contribution >= 0.6 is 11.3 Å². The Labute approximate surface area is 150 Å². The summed E-state index contributed by atoms with van der Waals surface area (Å²) in [6, 6.07) is 12.2. The molecule has 2 N–H and O–H groups in total. The van der Waals surface area contributed by atoms with Gasteiger partial charge in [-0.1, -0.05) is 36.4 Å². The summed E-state index contributed by atoms with van der Waals surface area (Å²) in [5, 5.41) is 7.23. The fourth-order valence-electron chi connectivity index (χ4n) is 2.21. The average Bonchev–Trinajstić information content (AvgIpc) is 3.16. The fourth-order valence-corrected chi connectivity index (χ4v) is 2.84. The Morgan fingerprint density at radius 1 is 1.12 bits per heavy atom. The average molecular weight is 360 g/mol. The Kier molecular flexibility index (Phi) is 7.16. The monoisotopic (exact) mass is 360 g/mol. The van der Waals surface area contributed by atoms with E-state index in [4.69, 9.17) is 0 Å². The number of benzene rings is 1. The molecule has 25 heavy (non-hydrogen) atoms. The Morgan fingerprint density at radius 3 is 2.52 bits per heavy atom. The van der Waals surface area contributed by atoms with E-state index in [9.17, 15) is 14.4 Å². The lowest BCUT2D eigenvalue weighted by atomic mass is 10.1. The normalized spacial score (nSPS) is 11.4. The minimum atomic E-state index is -0.727. The third kappa shape index (κ3) is 6.04. The van der Waals surface area contributed by atoms with Crippen molar-refractivity contribution in [2.75, 3.05) is 13.7 Å². The van der Waals surface area contributed by atoms with Crippen molar-refractivity contribution in [1.29, 1.82) is 0 Å². The van der Waals surface area contributed by atoms with Gasteiger partial charge in [-0.05, 0) is 17.0 Å². The molecule has 6 nitrogen and oxygen atoms in total. The Hall–Kier alpha value is -2.67. The third-order valence-corrected chi connectivity index (χ3v) is 4.37. The van der Waals surface area contributed by atoms with E-state index in [1.807, 2.05) is 30.3 Å². The maximum Gasteiger partial charge on any atom is 0.307 e. The summed E-state index contributed by atoms with van der Waals surface area (Å²) in [5.41, 5.74) is 0.932. The molecule has 0 unspecified atom stereocenters. The minimum Gasteiger partial charge on any atom is -0.469 e. The summed E-state index contributed by atoms with van der Waals surface area (Å²) < 4.78 is 4.54. The first-order valence-electron chi connectivity index (χ1n) is 7.83. The molecule has 0 radical (unpaired) electrons. The first kappa shape index (κ1) is 18.7. The smallest absolute Gasteiger partial charge is 0.307 e. The maximum atomic E-state index is 12.4. The lowest BCUT2D eigenvalue weighted by molar-refractivity contribution is -0.140. The molecule has 7 heteroatoms. The van der Waals surface area contributed by atoms with E-state index in [2.05, 4.69) is 15.4 Å². The third-order valence-electron chi connectivity index (χ3n) is 3.51. The molecule has 0 aliphatic heterocycles. The number of nitrogens with one attached hydrogen (secondary N) is 2. The van der Waals surface area contributed by atoms with Crippen molar-refractivity contribution in [3.8, 4) is 0 Å². The summed E-state index contributed by atoms with van der Waals surface area (Å²) in [5.74, 6) is -1.03. The number of hydrogen-bond donors (Lipinski definition) is 2. The summed E-state index contributed by atoms with van der Waals surface area (Å²) in [6.45, 7) is 0.158. The molecule has 132 valence electrons. The zero-order chi connectivity index (χ0) is 18.1. The van der Waals surface area contributed by atoms with E-state index in [0.29, 0.717) is 11.3 Å². The van der Waals surface area contributed by atoms with Gasteiger partial charge in [-0.15, -0.1) is 11.3 Å². The molecule has 1 atom stereocenters. The van der Waals surface area contributed by atoms with Gasteiger partial charge in [-0.3, -0.25) is 14.4 Å². The highest BCUT2D eigenvalue weighted by atomic mass is 32.1. The van der Waals surface area contributed by atoms with Crippen LogP contribution in [-0.4, -0.2) is 37.5 Å². The van der Waals surface area contributed by atoms with Crippen LogP contribution in [0.1, 0.15) is 21.7 Å². The van der Waals surface area contributed by atoms with Gasteiger partial charge in [-0.2, -0.15) is 0 Å². The highest BCUT2D eigenvalue weighted by molar-refractivity contribution is 7.12. The molecule has 1 aromatic carbocycles. The number of rotatable bonds is 8. The van der Waals surface area contributed by atoms with Crippen molar-refractivity contribution in [3.05, 3.63) is 58.3 Å². The summed E-state index contributed by atoms with van der Waals surface area (Å²) >= 11 is 1.31. The number of thiophene rings is 1. The van der Waals surface area contributed by atoms with E-state index in [-0.39, 0.29) is 24.8 Å². The number of amides is 2. The number of hydrogen-bond acceptors (Lipinski definition) is 5. The standard InChI is InChI=1S/C18H20N2O4S/c1-24-16(21)9-10-19-17(22)14(12-13-6-3-2-4-7-13)20-18(23)15-8-5-11-25-15/h2-8,11,14H,9-10,12H2,1H3,(H,19,22)(H,20,23)/t14-/m0/s1. The predicted octanol–water partition coefficient (Wildman–Crippen LogP) is 1.77. The molecule has 2 amide bonds. The Bertz CT molecular complexity index is 701. The molecule has 2 aromatic rings. The second kappa shape index (κ2) is 9.58. The number of carbonyl (C=O) groups excluding carboxylic acids is 3. The lowest BCUT2D eigenvalue weighted by Crippen LogP contribution is -2.48. The van der Waals surface area contributed by atoms with Gasteiger partial charge in [-0.25, -0.2) is 0 Å². The molecule has 0 spiro atoms. The molecule has 1 heterocycles. The number of ether oxygens (including phenoxy) is 1. The summed E-state index contributed by atoms with van der Waals surface area (Å²) in [4.78, 5) is 36.4. The van der Waals surface area contributed by atoms with Crippen LogP contribution < -0.4 is 10.6 Å². The van der Waals surface area contributed by atoms with E-state index >= 15 is 0 Å². The first-order chi connectivity index (χ1) is 12.1. The van der Waals surface area contributed by atoms with Crippen LogP contribution in [0.25, 0.3) is 0 Å². The molecule has 0 aliphatic carbocycles. The summed E-state index contributed by atoms with van der Waals surface area (Å²) in [6.07, 6.45) is 0.446. The second-order valence-corrected chi connectivity index (χ2v) is 6.26. The minimum absolute atomic E-state index is 0.0825. The van der Waals surface area contributed by atoms with Crippen molar-refractivity contribution in [2.45, 2.75) is 18.9 Å². The number of methoxy groups -OCH3 is 1.